The summed E-state index contributed by atoms with van der Waals surface area (Å²) in [6, 6.07) is 10.1. The van der Waals surface area contributed by atoms with Gasteiger partial charge in [0.1, 0.15) is 18.2 Å². The number of oxime groups is 1. The van der Waals surface area contributed by atoms with E-state index in [0.717, 1.165) is 11.3 Å². The van der Waals surface area contributed by atoms with E-state index in [9.17, 15) is 0 Å². The molecule has 0 aliphatic carbocycles. The minimum Gasteiger partial charge on any atom is -0.394 e. The Morgan fingerprint density at radius 2 is 2.14 bits per heavy atom. The molecule has 0 bridgehead atoms. The molecule has 0 radical (unpaired) electrons. The average Bonchev–Trinajstić information content (AvgIpc) is 2.67. The number of hydrogen-bond donors (Lipinski definition) is 0. The average molecular weight is 186 g/mol. The van der Waals surface area contributed by atoms with Gasteiger partial charge >= 0.3 is 0 Å². The van der Waals surface area contributed by atoms with Gasteiger partial charge < -0.3 is 4.84 Å². The zero-order chi connectivity index (χ0) is 9.97. The fourth-order valence-electron chi connectivity index (χ4n) is 1.40. The third-order valence-electron chi connectivity index (χ3n) is 2.24. The molecular formula is C11H10N2O. The monoisotopic (exact) mass is 186 g/mol. The zero-order valence-electron chi connectivity index (χ0n) is 7.90. The quantitative estimate of drug-likeness (QED) is 0.672. The smallest absolute Gasteiger partial charge is 0.138 e. The van der Waals surface area contributed by atoms with Crippen LogP contribution in [0.3, 0.4) is 0 Å². The number of nitriles is 1. The molecule has 0 saturated heterocycles. The summed E-state index contributed by atoms with van der Waals surface area (Å²) in [5.74, 6) is -0.224. The minimum absolute atomic E-state index is 0.224. The summed E-state index contributed by atoms with van der Waals surface area (Å²) >= 11 is 0. The van der Waals surface area contributed by atoms with Gasteiger partial charge in [-0.05, 0) is 6.92 Å². The highest BCUT2D eigenvalue weighted by atomic mass is 16.6. The van der Waals surface area contributed by atoms with Crippen molar-refractivity contribution in [2.75, 3.05) is 6.61 Å². The van der Waals surface area contributed by atoms with Crippen LogP contribution >= 0.6 is 0 Å². The fraction of sp³-hybridized carbons (Fsp3) is 0.273. The number of hydrogen-bond acceptors (Lipinski definition) is 3. The predicted molar refractivity (Wildman–Crippen MR) is 52.8 cm³/mol. The van der Waals surface area contributed by atoms with Crippen molar-refractivity contribution in [1.29, 1.82) is 5.26 Å². The molecule has 0 aromatic heterocycles. The zero-order valence-corrected chi connectivity index (χ0v) is 7.90. The van der Waals surface area contributed by atoms with Crippen LogP contribution in [0.25, 0.3) is 0 Å². The molecule has 70 valence electrons. The standard InChI is InChI=1S/C11H10N2O/c1-8-2-4-9(5-3-8)11-10(6-12)7-14-13-11/h2-5,10H,7H2,1H3. The molecule has 1 atom stereocenters. The minimum atomic E-state index is -0.224. The summed E-state index contributed by atoms with van der Waals surface area (Å²) < 4.78 is 0. The van der Waals surface area contributed by atoms with Crippen molar-refractivity contribution < 1.29 is 4.84 Å². The van der Waals surface area contributed by atoms with Gasteiger partial charge in [0.15, 0.2) is 0 Å². The highest BCUT2D eigenvalue weighted by molar-refractivity contribution is 6.04. The van der Waals surface area contributed by atoms with E-state index in [2.05, 4.69) is 11.2 Å². The van der Waals surface area contributed by atoms with Crippen molar-refractivity contribution >= 4 is 5.71 Å². The van der Waals surface area contributed by atoms with E-state index >= 15 is 0 Å². The first kappa shape index (κ1) is 8.76. The summed E-state index contributed by atoms with van der Waals surface area (Å²) in [5, 5.41) is 12.7. The molecule has 1 aliphatic rings. The molecule has 0 spiro atoms. The maximum absolute atomic E-state index is 8.84. The van der Waals surface area contributed by atoms with E-state index in [0.29, 0.717) is 6.61 Å². The molecule has 1 unspecified atom stereocenters. The number of aryl methyl sites for hydroxylation is 1. The highest BCUT2D eigenvalue weighted by Crippen LogP contribution is 2.16. The van der Waals surface area contributed by atoms with E-state index in [1.807, 2.05) is 31.2 Å². The van der Waals surface area contributed by atoms with Crippen LogP contribution in [0.2, 0.25) is 0 Å². The Labute approximate surface area is 82.6 Å². The molecule has 0 N–H and O–H groups in total. The third-order valence-corrected chi connectivity index (χ3v) is 2.24. The molecule has 1 heterocycles. The van der Waals surface area contributed by atoms with Crippen molar-refractivity contribution in [2.24, 2.45) is 11.1 Å². The lowest BCUT2D eigenvalue weighted by molar-refractivity contribution is 0.163. The molecule has 3 nitrogen and oxygen atoms in total. The lowest BCUT2D eigenvalue weighted by Crippen LogP contribution is -2.11. The van der Waals surface area contributed by atoms with E-state index < -0.39 is 0 Å². The van der Waals surface area contributed by atoms with Gasteiger partial charge in [-0.3, -0.25) is 0 Å². The molecule has 2 rings (SSSR count). The topological polar surface area (TPSA) is 45.4 Å². The van der Waals surface area contributed by atoms with Gasteiger partial charge in [0.25, 0.3) is 0 Å². The Morgan fingerprint density at radius 3 is 2.79 bits per heavy atom. The Kier molecular flexibility index (Phi) is 2.19. The highest BCUT2D eigenvalue weighted by Gasteiger charge is 2.23. The van der Waals surface area contributed by atoms with Crippen LogP contribution in [0, 0.1) is 24.2 Å². The van der Waals surface area contributed by atoms with E-state index in [-0.39, 0.29) is 5.92 Å². The van der Waals surface area contributed by atoms with Crippen molar-refractivity contribution in [2.45, 2.75) is 6.92 Å². The van der Waals surface area contributed by atoms with Crippen LogP contribution in [0.4, 0.5) is 0 Å². The van der Waals surface area contributed by atoms with E-state index in [1.165, 1.54) is 5.56 Å². The Balaban J connectivity index is 2.32. The van der Waals surface area contributed by atoms with Crippen molar-refractivity contribution in [3.05, 3.63) is 35.4 Å². The number of benzene rings is 1. The number of nitrogens with zero attached hydrogens (tertiary/aromatic N) is 2. The first-order chi connectivity index (χ1) is 6.81. The normalized spacial score (nSPS) is 19.7. The maximum atomic E-state index is 8.84. The molecule has 14 heavy (non-hydrogen) atoms. The third kappa shape index (κ3) is 1.47. The second-order valence-corrected chi connectivity index (χ2v) is 3.32. The molecule has 0 saturated carbocycles. The lowest BCUT2D eigenvalue weighted by atomic mass is 9.99. The maximum Gasteiger partial charge on any atom is 0.138 e. The first-order valence-electron chi connectivity index (χ1n) is 4.48. The van der Waals surface area contributed by atoms with Crippen LogP contribution in [-0.4, -0.2) is 12.3 Å². The molecule has 1 aromatic carbocycles. The van der Waals surface area contributed by atoms with Gasteiger partial charge in [0.2, 0.25) is 0 Å². The Bertz CT molecular complexity index is 400. The molecular weight excluding hydrogens is 176 g/mol. The van der Waals surface area contributed by atoms with Crippen molar-refractivity contribution in [1.82, 2.24) is 0 Å². The van der Waals surface area contributed by atoms with Gasteiger partial charge in [-0.25, -0.2) is 0 Å². The lowest BCUT2D eigenvalue weighted by Gasteiger charge is -2.01. The molecule has 1 aliphatic heterocycles. The summed E-state index contributed by atoms with van der Waals surface area (Å²) in [7, 11) is 0. The summed E-state index contributed by atoms with van der Waals surface area (Å²) in [4.78, 5) is 4.91. The van der Waals surface area contributed by atoms with Gasteiger partial charge in [0.05, 0.1) is 6.07 Å². The Morgan fingerprint density at radius 1 is 1.43 bits per heavy atom. The van der Waals surface area contributed by atoms with Crippen LogP contribution in [-0.2, 0) is 4.84 Å². The van der Waals surface area contributed by atoms with Crippen LogP contribution in [0.15, 0.2) is 29.4 Å². The largest absolute Gasteiger partial charge is 0.394 e. The summed E-state index contributed by atoms with van der Waals surface area (Å²) in [6.07, 6.45) is 0. The van der Waals surface area contributed by atoms with Gasteiger partial charge in [0, 0.05) is 5.56 Å². The molecule has 3 heteroatoms. The fourth-order valence-corrected chi connectivity index (χ4v) is 1.40. The summed E-state index contributed by atoms with van der Waals surface area (Å²) in [5.41, 5.74) is 2.91. The van der Waals surface area contributed by atoms with Crippen LogP contribution < -0.4 is 0 Å². The van der Waals surface area contributed by atoms with Gasteiger partial charge in [-0.1, -0.05) is 35.0 Å². The second-order valence-electron chi connectivity index (χ2n) is 3.32. The molecule has 0 fully saturated rings. The van der Waals surface area contributed by atoms with Crippen molar-refractivity contribution in [3.63, 3.8) is 0 Å². The van der Waals surface area contributed by atoms with Crippen LogP contribution in [0.1, 0.15) is 11.1 Å². The predicted octanol–water partition coefficient (Wildman–Crippen LogP) is 1.87. The Hall–Kier alpha value is -1.82. The summed E-state index contributed by atoms with van der Waals surface area (Å²) in [6.45, 7) is 2.40. The molecule has 1 aromatic rings. The van der Waals surface area contributed by atoms with E-state index in [4.69, 9.17) is 10.1 Å². The first-order valence-corrected chi connectivity index (χ1v) is 4.48. The second kappa shape index (κ2) is 3.51. The van der Waals surface area contributed by atoms with Crippen LogP contribution in [0.5, 0.6) is 0 Å². The SMILES string of the molecule is Cc1ccc(C2=NOCC2C#N)cc1. The number of rotatable bonds is 1. The molecule has 0 amide bonds. The van der Waals surface area contributed by atoms with Gasteiger partial charge in [-0.15, -0.1) is 0 Å². The van der Waals surface area contributed by atoms with Crippen molar-refractivity contribution in [3.8, 4) is 6.07 Å². The van der Waals surface area contributed by atoms with E-state index in [1.54, 1.807) is 0 Å². The van der Waals surface area contributed by atoms with Gasteiger partial charge in [-0.2, -0.15) is 5.26 Å².